The fraction of sp³-hybridized carbons (Fsp3) is 0.0769. The molecule has 0 fully saturated rings. The molecule has 0 N–H and O–H groups in total. The first-order valence-corrected chi connectivity index (χ1v) is 5.20. The van der Waals surface area contributed by atoms with Crippen LogP contribution in [0, 0.1) is 10.1 Å². The molecule has 0 heterocycles. The summed E-state index contributed by atoms with van der Waals surface area (Å²) in [6, 6.07) is 16.7. The molecule has 0 atom stereocenters. The molecule has 0 unspecified atom stereocenters. The summed E-state index contributed by atoms with van der Waals surface area (Å²) in [5.41, 5.74) is 1.89. The molecule has 0 saturated carbocycles. The van der Waals surface area contributed by atoms with E-state index in [0.29, 0.717) is 12.2 Å². The van der Waals surface area contributed by atoms with Crippen molar-refractivity contribution >= 4 is 0 Å². The summed E-state index contributed by atoms with van der Waals surface area (Å²) >= 11 is 0. The Balaban J connectivity index is 2.23. The van der Waals surface area contributed by atoms with E-state index in [1.807, 2.05) is 42.5 Å². The summed E-state index contributed by atoms with van der Waals surface area (Å²) in [6.45, 7) is 0. The number of hydrogen-bond donors (Lipinski definition) is 0. The molecule has 4 nitrogen and oxygen atoms in total. The van der Waals surface area contributed by atoms with Gasteiger partial charge in [0.25, 0.3) is 5.09 Å². The molecule has 0 aliphatic rings. The van der Waals surface area contributed by atoms with E-state index in [9.17, 15) is 10.1 Å². The minimum Gasteiger partial charge on any atom is -0.276 e. The third-order valence-electron chi connectivity index (χ3n) is 2.38. The highest BCUT2D eigenvalue weighted by Gasteiger charge is 2.06. The highest BCUT2D eigenvalue weighted by atomic mass is 17.0. The zero-order valence-corrected chi connectivity index (χ0v) is 9.08. The standard InChI is InChI=1S/C13H11NO3/c15-14(16)17-13-9-5-4-8-12(13)10-11-6-2-1-3-7-11/h1-9H,10H2. The molecule has 0 spiro atoms. The lowest BCUT2D eigenvalue weighted by molar-refractivity contribution is -0.711. The van der Waals surface area contributed by atoms with Crippen LogP contribution in [0.25, 0.3) is 0 Å². The van der Waals surface area contributed by atoms with Gasteiger partial charge in [0, 0.05) is 0 Å². The minimum atomic E-state index is -0.788. The molecule has 0 radical (unpaired) electrons. The molecule has 86 valence electrons. The minimum absolute atomic E-state index is 0.293. The van der Waals surface area contributed by atoms with Gasteiger partial charge >= 0.3 is 0 Å². The maximum atomic E-state index is 10.4. The van der Waals surface area contributed by atoms with Crippen molar-refractivity contribution in [3.05, 3.63) is 75.8 Å². The third-order valence-corrected chi connectivity index (χ3v) is 2.38. The van der Waals surface area contributed by atoms with Gasteiger partial charge in [-0.05, 0) is 23.6 Å². The average molecular weight is 229 g/mol. The molecule has 0 bridgehead atoms. The van der Waals surface area contributed by atoms with E-state index < -0.39 is 5.09 Å². The summed E-state index contributed by atoms with van der Waals surface area (Å²) in [7, 11) is 0. The summed E-state index contributed by atoms with van der Waals surface area (Å²) in [6.07, 6.45) is 0.616. The molecular weight excluding hydrogens is 218 g/mol. The van der Waals surface area contributed by atoms with Gasteiger partial charge in [-0.15, -0.1) is 10.1 Å². The van der Waals surface area contributed by atoms with Crippen molar-refractivity contribution in [2.45, 2.75) is 6.42 Å². The van der Waals surface area contributed by atoms with Gasteiger partial charge in [0.05, 0.1) is 0 Å². The maximum absolute atomic E-state index is 10.4. The molecule has 17 heavy (non-hydrogen) atoms. The van der Waals surface area contributed by atoms with Crippen molar-refractivity contribution in [3.8, 4) is 5.75 Å². The highest BCUT2D eigenvalue weighted by molar-refractivity contribution is 5.37. The van der Waals surface area contributed by atoms with Crippen LogP contribution in [0.3, 0.4) is 0 Å². The predicted octanol–water partition coefficient (Wildman–Crippen LogP) is 2.85. The number of benzene rings is 2. The van der Waals surface area contributed by atoms with Crippen molar-refractivity contribution in [1.82, 2.24) is 0 Å². The Hall–Kier alpha value is -2.36. The SMILES string of the molecule is O=[N+]([O-])Oc1ccccc1Cc1ccccc1. The normalized spacial score (nSPS) is 9.88. The van der Waals surface area contributed by atoms with Crippen LogP contribution in [0.5, 0.6) is 5.75 Å². The van der Waals surface area contributed by atoms with E-state index in [-0.39, 0.29) is 0 Å². The average Bonchev–Trinajstić information content (AvgIpc) is 2.32. The lowest BCUT2D eigenvalue weighted by Crippen LogP contribution is -2.05. The summed E-state index contributed by atoms with van der Waals surface area (Å²) in [5.74, 6) is 0.293. The molecule has 2 rings (SSSR count). The zero-order chi connectivity index (χ0) is 12.1. The molecule has 0 aromatic heterocycles. The Labute approximate surface area is 98.6 Å². The first kappa shape index (κ1) is 11.1. The zero-order valence-electron chi connectivity index (χ0n) is 9.08. The van der Waals surface area contributed by atoms with Crippen molar-refractivity contribution in [1.29, 1.82) is 0 Å². The van der Waals surface area contributed by atoms with E-state index in [2.05, 4.69) is 4.84 Å². The van der Waals surface area contributed by atoms with Crippen LogP contribution in [0.1, 0.15) is 11.1 Å². The fourth-order valence-corrected chi connectivity index (χ4v) is 1.64. The van der Waals surface area contributed by atoms with Gasteiger partial charge in [-0.25, -0.2) is 0 Å². The van der Waals surface area contributed by atoms with Crippen LogP contribution in [-0.4, -0.2) is 5.09 Å². The molecule has 0 saturated heterocycles. The number of hydrogen-bond acceptors (Lipinski definition) is 3. The van der Waals surface area contributed by atoms with E-state index in [4.69, 9.17) is 0 Å². The Morgan fingerprint density at radius 3 is 2.35 bits per heavy atom. The van der Waals surface area contributed by atoms with Crippen molar-refractivity contribution in [3.63, 3.8) is 0 Å². The van der Waals surface area contributed by atoms with Crippen LogP contribution in [0.15, 0.2) is 54.6 Å². The van der Waals surface area contributed by atoms with Gasteiger partial charge in [-0.3, -0.25) is 4.84 Å². The topological polar surface area (TPSA) is 52.4 Å². The fourth-order valence-electron chi connectivity index (χ4n) is 1.64. The van der Waals surface area contributed by atoms with E-state index in [1.165, 1.54) is 0 Å². The quantitative estimate of drug-likeness (QED) is 0.598. The van der Waals surface area contributed by atoms with Gasteiger partial charge in [-0.2, -0.15) is 0 Å². The third kappa shape index (κ3) is 3.04. The van der Waals surface area contributed by atoms with Crippen molar-refractivity contribution in [2.75, 3.05) is 0 Å². The number of nitrogens with zero attached hydrogens (tertiary/aromatic N) is 1. The first-order valence-electron chi connectivity index (χ1n) is 5.20. The van der Waals surface area contributed by atoms with Crippen LogP contribution < -0.4 is 4.84 Å². The maximum Gasteiger partial charge on any atom is 0.299 e. The van der Waals surface area contributed by atoms with Crippen LogP contribution in [-0.2, 0) is 6.42 Å². The second-order valence-corrected chi connectivity index (χ2v) is 3.58. The van der Waals surface area contributed by atoms with Gasteiger partial charge in [0.2, 0.25) is 0 Å². The lowest BCUT2D eigenvalue weighted by atomic mass is 10.0. The Bertz CT molecular complexity index is 511. The molecule has 4 heteroatoms. The molecule has 0 amide bonds. The van der Waals surface area contributed by atoms with Crippen LogP contribution >= 0.6 is 0 Å². The summed E-state index contributed by atoms with van der Waals surface area (Å²) in [5, 5.41) is 9.57. The Kier molecular flexibility index (Phi) is 3.35. The second kappa shape index (κ2) is 5.12. The molecule has 0 aliphatic heterocycles. The lowest BCUT2D eigenvalue weighted by Gasteiger charge is -2.07. The molecule has 2 aromatic carbocycles. The van der Waals surface area contributed by atoms with E-state index in [1.54, 1.807) is 12.1 Å². The van der Waals surface area contributed by atoms with E-state index in [0.717, 1.165) is 11.1 Å². The number of rotatable bonds is 4. The van der Waals surface area contributed by atoms with Gasteiger partial charge < -0.3 is 0 Å². The van der Waals surface area contributed by atoms with Crippen LogP contribution in [0.4, 0.5) is 0 Å². The first-order chi connectivity index (χ1) is 8.25. The van der Waals surface area contributed by atoms with Crippen molar-refractivity contribution < 1.29 is 9.92 Å². The highest BCUT2D eigenvalue weighted by Crippen LogP contribution is 2.21. The second-order valence-electron chi connectivity index (χ2n) is 3.58. The van der Waals surface area contributed by atoms with Crippen LogP contribution in [0.2, 0.25) is 0 Å². The Morgan fingerprint density at radius 1 is 1.00 bits per heavy atom. The van der Waals surface area contributed by atoms with Gasteiger partial charge in [0.1, 0.15) is 5.75 Å². The number of para-hydroxylation sites is 1. The summed E-state index contributed by atoms with van der Waals surface area (Å²) < 4.78 is 0. The molecular formula is C13H11NO3. The monoisotopic (exact) mass is 229 g/mol. The summed E-state index contributed by atoms with van der Waals surface area (Å²) in [4.78, 5) is 14.9. The Morgan fingerprint density at radius 2 is 1.65 bits per heavy atom. The van der Waals surface area contributed by atoms with E-state index >= 15 is 0 Å². The largest absolute Gasteiger partial charge is 0.299 e. The van der Waals surface area contributed by atoms with Gasteiger partial charge in [0.15, 0.2) is 0 Å². The van der Waals surface area contributed by atoms with Gasteiger partial charge in [-0.1, -0.05) is 48.5 Å². The molecule has 2 aromatic rings. The molecule has 0 aliphatic carbocycles. The van der Waals surface area contributed by atoms with Crippen molar-refractivity contribution in [2.24, 2.45) is 0 Å². The smallest absolute Gasteiger partial charge is 0.276 e. The predicted molar refractivity (Wildman–Crippen MR) is 63.3 cm³/mol.